The third-order valence-electron chi connectivity index (χ3n) is 7.96. The van der Waals surface area contributed by atoms with Crippen LogP contribution in [0.4, 0.5) is 11.4 Å². The van der Waals surface area contributed by atoms with Gasteiger partial charge < -0.3 is 14.5 Å². The molecule has 6 nitrogen and oxygen atoms in total. The molecule has 0 bridgehead atoms. The minimum Gasteiger partial charge on any atom is -0.449 e. The summed E-state index contributed by atoms with van der Waals surface area (Å²) in [6, 6.07) is 31.9. The van der Waals surface area contributed by atoms with Crippen LogP contribution in [0.1, 0.15) is 39.5 Å². The third kappa shape index (κ3) is 5.66. The van der Waals surface area contributed by atoms with E-state index in [-0.39, 0.29) is 23.6 Å². The monoisotopic (exact) mass is 557 g/mol. The summed E-state index contributed by atoms with van der Waals surface area (Å²) in [7, 11) is 0. The minimum atomic E-state index is -0.198. The zero-order valence-electron chi connectivity index (χ0n) is 24.3. The molecule has 1 unspecified atom stereocenters. The molecule has 6 heteroatoms. The Hall–Kier alpha value is -4.84. The Bertz CT molecular complexity index is 1660. The molecular weight excluding hydrogens is 522 g/mol. The first-order valence-electron chi connectivity index (χ1n) is 14.4. The highest BCUT2D eigenvalue weighted by Gasteiger charge is 2.31. The summed E-state index contributed by atoms with van der Waals surface area (Å²) in [4.78, 5) is 33.0. The summed E-state index contributed by atoms with van der Waals surface area (Å²) in [5.74, 6) is 0.715. The van der Waals surface area contributed by atoms with Gasteiger partial charge in [0, 0.05) is 36.9 Å². The number of rotatable bonds is 5. The first-order valence-corrected chi connectivity index (χ1v) is 14.4. The van der Waals surface area contributed by atoms with Crippen LogP contribution in [-0.2, 0) is 11.3 Å². The quantitative estimate of drug-likeness (QED) is 0.259. The Morgan fingerprint density at radius 2 is 1.62 bits per heavy atom. The highest BCUT2D eigenvalue weighted by Crippen LogP contribution is 2.36. The summed E-state index contributed by atoms with van der Waals surface area (Å²) in [5.41, 5.74) is 6.81. The van der Waals surface area contributed by atoms with Crippen molar-refractivity contribution in [3.05, 3.63) is 131 Å². The average molecular weight is 558 g/mol. The van der Waals surface area contributed by atoms with Crippen molar-refractivity contribution >= 4 is 29.3 Å². The lowest BCUT2D eigenvalue weighted by molar-refractivity contribution is -0.117. The van der Waals surface area contributed by atoms with Crippen LogP contribution in [0.5, 0.6) is 5.75 Å². The molecule has 2 aliphatic heterocycles. The maximum Gasteiger partial charge on any atom is 0.294 e. The number of nitrogens with zero attached hydrogens (tertiary/aromatic N) is 3. The van der Waals surface area contributed by atoms with Gasteiger partial charge in [-0.2, -0.15) is 0 Å². The van der Waals surface area contributed by atoms with Gasteiger partial charge in [0.05, 0.1) is 12.2 Å². The topological polar surface area (TPSA) is 53.1 Å². The van der Waals surface area contributed by atoms with E-state index in [4.69, 9.17) is 4.74 Å². The van der Waals surface area contributed by atoms with Crippen LogP contribution < -0.4 is 14.5 Å². The SMILES string of the molecule is Cc1cccc(CN2C(=O)/C(=C\c3ccc(C(=O)N4CCN(c5cccc(C)c5)C(C)C4)cc3)Oc3ccccc32)c1. The minimum absolute atomic E-state index is 0.0215. The fourth-order valence-corrected chi connectivity index (χ4v) is 5.80. The Morgan fingerprint density at radius 1 is 0.881 bits per heavy atom. The number of carbonyl (C=O) groups excluding carboxylic acids is 2. The molecule has 4 aromatic carbocycles. The predicted molar refractivity (Wildman–Crippen MR) is 168 cm³/mol. The summed E-state index contributed by atoms with van der Waals surface area (Å²) in [6.45, 7) is 8.88. The number of carbonyl (C=O) groups is 2. The molecule has 42 heavy (non-hydrogen) atoms. The van der Waals surface area contributed by atoms with Crippen LogP contribution in [0.2, 0.25) is 0 Å². The second-order valence-electron chi connectivity index (χ2n) is 11.2. The molecule has 2 aliphatic rings. The fourth-order valence-electron chi connectivity index (χ4n) is 5.80. The molecule has 0 N–H and O–H groups in total. The number of hydrogen-bond acceptors (Lipinski definition) is 4. The van der Waals surface area contributed by atoms with Crippen LogP contribution in [0.15, 0.2) is 103 Å². The van der Waals surface area contributed by atoms with Crippen molar-refractivity contribution in [2.75, 3.05) is 29.4 Å². The molecular formula is C36H35N3O3. The van der Waals surface area contributed by atoms with Gasteiger partial charge in [-0.05, 0) is 79.9 Å². The van der Waals surface area contributed by atoms with Gasteiger partial charge in [0.25, 0.3) is 11.8 Å². The largest absolute Gasteiger partial charge is 0.449 e. The molecule has 0 aliphatic carbocycles. The van der Waals surface area contributed by atoms with Gasteiger partial charge in [0.15, 0.2) is 11.5 Å². The molecule has 1 fully saturated rings. The van der Waals surface area contributed by atoms with Crippen LogP contribution in [0.3, 0.4) is 0 Å². The molecule has 1 saturated heterocycles. The number of para-hydroxylation sites is 2. The summed E-state index contributed by atoms with van der Waals surface area (Å²) >= 11 is 0. The number of benzene rings is 4. The van der Waals surface area contributed by atoms with E-state index < -0.39 is 0 Å². The van der Waals surface area contributed by atoms with E-state index in [0.717, 1.165) is 28.9 Å². The Kier molecular flexibility index (Phi) is 7.53. The summed E-state index contributed by atoms with van der Waals surface area (Å²) < 4.78 is 6.07. The second kappa shape index (κ2) is 11.6. The average Bonchev–Trinajstić information content (AvgIpc) is 2.99. The van der Waals surface area contributed by atoms with E-state index in [1.807, 2.05) is 78.6 Å². The van der Waals surface area contributed by atoms with Crippen LogP contribution in [0, 0.1) is 13.8 Å². The van der Waals surface area contributed by atoms with Crippen molar-refractivity contribution in [3.63, 3.8) is 0 Å². The van der Waals surface area contributed by atoms with Crippen LogP contribution in [-0.4, -0.2) is 42.4 Å². The maximum atomic E-state index is 13.6. The lowest BCUT2D eigenvalue weighted by atomic mass is 10.1. The third-order valence-corrected chi connectivity index (χ3v) is 7.96. The van der Waals surface area contributed by atoms with E-state index in [1.54, 1.807) is 11.0 Å². The van der Waals surface area contributed by atoms with Gasteiger partial charge in [0.2, 0.25) is 0 Å². The van der Waals surface area contributed by atoms with Crippen molar-refractivity contribution in [1.82, 2.24) is 4.90 Å². The van der Waals surface area contributed by atoms with Gasteiger partial charge in [0.1, 0.15) is 0 Å². The molecule has 0 aromatic heterocycles. The number of aryl methyl sites for hydroxylation is 2. The number of fused-ring (bicyclic) bond motifs is 1. The number of ether oxygens (including phenoxy) is 1. The van der Waals surface area contributed by atoms with E-state index in [2.05, 4.69) is 49.1 Å². The first-order chi connectivity index (χ1) is 20.4. The number of hydrogen-bond donors (Lipinski definition) is 0. The molecule has 0 spiro atoms. The molecule has 1 atom stereocenters. The molecule has 6 rings (SSSR count). The van der Waals surface area contributed by atoms with Crippen LogP contribution in [0.25, 0.3) is 6.08 Å². The lowest BCUT2D eigenvalue weighted by Gasteiger charge is -2.41. The number of amides is 2. The van der Waals surface area contributed by atoms with Crippen LogP contribution >= 0.6 is 0 Å². The number of piperazine rings is 1. The maximum absolute atomic E-state index is 13.6. The van der Waals surface area contributed by atoms with Gasteiger partial charge in [-0.1, -0.05) is 66.2 Å². The number of anilines is 2. The van der Waals surface area contributed by atoms with Gasteiger partial charge >= 0.3 is 0 Å². The van der Waals surface area contributed by atoms with Crippen molar-refractivity contribution in [1.29, 1.82) is 0 Å². The fraction of sp³-hybridized carbons (Fsp3) is 0.222. The van der Waals surface area contributed by atoms with E-state index in [9.17, 15) is 9.59 Å². The Labute approximate surface area is 247 Å². The highest BCUT2D eigenvalue weighted by molar-refractivity contribution is 6.09. The molecule has 4 aromatic rings. The van der Waals surface area contributed by atoms with Crippen molar-refractivity contribution < 1.29 is 14.3 Å². The summed E-state index contributed by atoms with van der Waals surface area (Å²) in [6.07, 6.45) is 1.75. The summed E-state index contributed by atoms with van der Waals surface area (Å²) in [5, 5.41) is 0. The molecule has 0 radical (unpaired) electrons. The standard InChI is InChI=1S/C36H35N3O3/c1-25-8-6-10-29(20-25)24-39-32-12-4-5-13-33(32)42-34(36(39)41)22-28-14-16-30(17-15-28)35(40)37-18-19-38(27(3)23-37)31-11-7-9-26(2)21-31/h4-17,20-22,27H,18-19,23-24H2,1-3H3/b34-22+. The Morgan fingerprint density at radius 3 is 2.36 bits per heavy atom. The van der Waals surface area contributed by atoms with E-state index in [1.165, 1.54) is 11.3 Å². The first kappa shape index (κ1) is 27.3. The molecule has 2 heterocycles. The van der Waals surface area contributed by atoms with Crippen molar-refractivity contribution in [2.45, 2.75) is 33.4 Å². The lowest BCUT2D eigenvalue weighted by Crippen LogP contribution is -2.53. The van der Waals surface area contributed by atoms with Gasteiger partial charge in [-0.25, -0.2) is 0 Å². The molecule has 2 amide bonds. The smallest absolute Gasteiger partial charge is 0.294 e. The second-order valence-corrected chi connectivity index (χ2v) is 11.2. The molecule has 212 valence electrons. The zero-order chi connectivity index (χ0) is 29.2. The van der Waals surface area contributed by atoms with Gasteiger partial charge in [-0.15, -0.1) is 0 Å². The van der Waals surface area contributed by atoms with E-state index >= 15 is 0 Å². The van der Waals surface area contributed by atoms with E-state index in [0.29, 0.717) is 30.9 Å². The van der Waals surface area contributed by atoms with Gasteiger partial charge in [-0.3, -0.25) is 14.5 Å². The van der Waals surface area contributed by atoms with Crippen molar-refractivity contribution in [3.8, 4) is 5.75 Å². The normalized spacial score (nSPS) is 17.7. The highest BCUT2D eigenvalue weighted by atomic mass is 16.5. The molecule has 0 saturated carbocycles. The zero-order valence-corrected chi connectivity index (χ0v) is 24.3. The predicted octanol–water partition coefficient (Wildman–Crippen LogP) is 6.62. The Balaban J connectivity index is 1.17. The van der Waals surface area contributed by atoms with Crippen molar-refractivity contribution in [2.24, 2.45) is 0 Å².